The number of carbonyl (C=O) groups excluding carboxylic acids is 2. The highest BCUT2D eigenvalue weighted by molar-refractivity contribution is 5.97. The summed E-state index contributed by atoms with van der Waals surface area (Å²) in [6.45, 7) is -1.05. The number of ether oxygens (including phenoxy) is 1. The minimum atomic E-state index is -0.852. The molecule has 0 fully saturated rings. The Morgan fingerprint density at radius 1 is 1.12 bits per heavy atom. The van der Waals surface area contributed by atoms with Crippen LogP contribution >= 0.6 is 0 Å². The molecule has 134 valence electrons. The lowest BCUT2D eigenvalue weighted by atomic mass is 10.1. The van der Waals surface area contributed by atoms with E-state index in [0.29, 0.717) is 5.56 Å². The first kappa shape index (κ1) is 17.3. The van der Waals surface area contributed by atoms with Crippen LogP contribution in [0, 0.1) is 0 Å². The number of carbonyl (C=O) groups is 2. The summed E-state index contributed by atoms with van der Waals surface area (Å²) in [7, 11) is 3.07. The number of Topliss-reactive ketones (excluding diaryl/α,β-unsaturated/α-hetero) is 1. The van der Waals surface area contributed by atoms with E-state index < -0.39 is 30.4 Å². The average molecular weight is 356 g/mol. The number of rotatable bonds is 5. The topological polar surface area (TPSA) is 105 Å². The van der Waals surface area contributed by atoms with Gasteiger partial charge < -0.3 is 9.30 Å². The van der Waals surface area contributed by atoms with Crippen molar-refractivity contribution in [3.8, 4) is 0 Å². The number of ketones is 1. The number of benzene rings is 1. The van der Waals surface area contributed by atoms with Crippen molar-refractivity contribution in [1.82, 2.24) is 18.7 Å². The Morgan fingerprint density at radius 2 is 1.81 bits per heavy atom. The summed E-state index contributed by atoms with van der Waals surface area (Å²) >= 11 is 0. The molecule has 26 heavy (non-hydrogen) atoms. The van der Waals surface area contributed by atoms with Crippen LogP contribution in [0.3, 0.4) is 0 Å². The molecule has 2 heterocycles. The third-order valence-corrected chi connectivity index (χ3v) is 3.95. The van der Waals surface area contributed by atoms with Crippen molar-refractivity contribution in [3.63, 3.8) is 0 Å². The van der Waals surface area contributed by atoms with Crippen molar-refractivity contribution in [2.75, 3.05) is 6.61 Å². The molecule has 9 heteroatoms. The van der Waals surface area contributed by atoms with E-state index in [1.165, 1.54) is 22.5 Å². The third kappa shape index (κ3) is 3.06. The van der Waals surface area contributed by atoms with Gasteiger partial charge in [-0.05, 0) is 0 Å². The zero-order valence-electron chi connectivity index (χ0n) is 14.2. The molecule has 1 aromatic carbocycles. The van der Waals surface area contributed by atoms with E-state index in [1.807, 2.05) is 0 Å². The average Bonchev–Trinajstić information content (AvgIpc) is 3.04. The van der Waals surface area contributed by atoms with Crippen LogP contribution < -0.4 is 11.2 Å². The Morgan fingerprint density at radius 3 is 2.50 bits per heavy atom. The van der Waals surface area contributed by atoms with E-state index in [9.17, 15) is 19.2 Å². The van der Waals surface area contributed by atoms with Gasteiger partial charge in [0, 0.05) is 19.7 Å². The molecule has 0 unspecified atom stereocenters. The number of aromatic nitrogens is 4. The lowest BCUT2D eigenvalue weighted by Gasteiger charge is -2.08. The van der Waals surface area contributed by atoms with E-state index in [4.69, 9.17) is 4.74 Å². The van der Waals surface area contributed by atoms with Gasteiger partial charge in [-0.15, -0.1) is 0 Å². The first-order valence-electron chi connectivity index (χ1n) is 7.75. The molecule has 0 radical (unpaired) electrons. The van der Waals surface area contributed by atoms with Crippen LogP contribution in [0.5, 0.6) is 0 Å². The fraction of sp³-hybridized carbons (Fsp3) is 0.235. The third-order valence-electron chi connectivity index (χ3n) is 3.95. The summed E-state index contributed by atoms with van der Waals surface area (Å²) < 4.78 is 8.33. The fourth-order valence-electron chi connectivity index (χ4n) is 2.56. The summed E-state index contributed by atoms with van der Waals surface area (Å²) in [4.78, 5) is 52.8. The molecular formula is C17H16N4O5. The van der Waals surface area contributed by atoms with Gasteiger partial charge in [-0.25, -0.2) is 14.3 Å². The van der Waals surface area contributed by atoms with E-state index in [-0.39, 0.29) is 16.9 Å². The van der Waals surface area contributed by atoms with Gasteiger partial charge >= 0.3 is 11.7 Å². The summed E-state index contributed by atoms with van der Waals surface area (Å²) in [5.41, 5.74) is -0.502. The van der Waals surface area contributed by atoms with Crippen LogP contribution in [0.15, 0.2) is 46.2 Å². The van der Waals surface area contributed by atoms with E-state index in [2.05, 4.69) is 4.98 Å². The molecular weight excluding hydrogens is 340 g/mol. The number of hydrogen-bond acceptors (Lipinski definition) is 6. The maximum absolute atomic E-state index is 12.5. The van der Waals surface area contributed by atoms with Crippen LogP contribution in [0.4, 0.5) is 0 Å². The van der Waals surface area contributed by atoms with Crippen LogP contribution in [0.25, 0.3) is 11.2 Å². The molecule has 2 aromatic heterocycles. The minimum absolute atomic E-state index is 0.195. The molecule has 0 aliphatic rings. The van der Waals surface area contributed by atoms with E-state index in [1.54, 1.807) is 37.4 Å². The molecule has 9 nitrogen and oxygen atoms in total. The highest BCUT2D eigenvalue weighted by Crippen LogP contribution is 2.03. The highest BCUT2D eigenvalue weighted by Gasteiger charge is 2.18. The monoisotopic (exact) mass is 356 g/mol. The number of aryl methyl sites for hydroxylation is 2. The molecule has 0 aliphatic carbocycles. The number of nitrogens with zero attached hydrogens (tertiary/aromatic N) is 4. The standard InChI is InChI=1S/C17H16N4O5/c1-19-10-18-15-14(19)16(24)21(17(25)20(15)2)8-13(23)26-9-12(22)11-6-4-3-5-7-11/h3-7,10H,8-9H2,1-2H3. The molecule has 0 aliphatic heterocycles. The van der Waals surface area contributed by atoms with Crippen molar-refractivity contribution in [2.24, 2.45) is 14.1 Å². The van der Waals surface area contributed by atoms with Gasteiger partial charge in [-0.2, -0.15) is 0 Å². The first-order valence-corrected chi connectivity index (χ1v) is 7.75. The zero-order valence-corrected chi connectivity index (χ0v) is 14.2. The fourth-order valence-corrected chi connectivity index (χ4v) is 2.56. The lowest BCUT2D eigenvalue weighted by molar-refractivity contribution is -0.143. The molecule has 0 saturated heterocycles. The molecule has 0 bridgehead atoms. The zero-order chi connectivity index (χ0) is 18.8. The Labute approximate surface area is 147 Å². The summed E-state index contributed by atoms with van der Waals surface area (Å²) in [5, 5.41) is 0. The second-order valence-electron chi connectivity index (χ2n) is 5.71. The van der Waals surface area contributed by atoms with Crippen molar-refractivity contribution in [2.45, 2.75) is 6.54 Å². The second kappa shape index (κ2) is 6.79. The van der Waals surface area contributed by atoms with Crippen LogP contribution in [-0.2, 0) is 30.2 Å². The Hall–Kier alpha value is -3.49. The van der Waals surface area contributed by atoms with Gasteiger partial charge in [0.25, 0.3) is 5.56 Å². The van der Waals surface area contributed by atoms with E-state index >= 15 is 0 Å². The van der Waals surface area contributed by atoms with Gasteiger partial charge in [-0.1, -0.05) is 30.3 Å². The summed E-state index contributed by atoms with van der Waals surface area (Å²) in [6.07, 6.45) is 1.41. The van der Waals surface area contributed by atoms with Crippen molar-refractivity contribution >= 4 is 22.9 Å². The molecule has 3 aromatic rings. The quantitative estimate of drug-likeness (QED) is 0.465. The molecule has 0 amide bonds. The van der Waals surface area contributed by atoms with Crippen molar-refractivity contribution < 1.29 is 14.3 Å². The minimum Gasteiger partial charge on any atom is -0.456 e. The van der Waals surface area contributed by atoms with Crippen LogP contribution in [0.1, 0.15) is 10.4 Å². The smallest absolute Gasteiger partial charge is 0.333 e. The number of hydrogen-bond donors (Lipinski definition) is 0. The number of esters is 1. The summed E-state index contributed by atoms with van der Waals surface area (Å²) in [6, 6.07) is 8.36. The predicted octanol–water partition coefficient (Wildman–Crippen LogP) is -0.140. The van der Waals surface area contributed by atoms with Gasteiger partial charge in [-0.3, -0.25) is 19.0 Å². The van der Waals surface area contributed by atoms with Crippen LogP contribution in [0.2, 0.25) is 0 Å². The van der Waals surface area contributed by atoms with Crippen molar-refractivity contribution in [3.05, 3.63) is 63.1 Å². The first-order chi connectivity index (χ1) is 12.4. The van der Waals surface area contributed by atoms with Gasteiger partial charge in [0.2, 0.25) is 0 Å². The molecule has 0 spiro atoms. The van der Waals surface area contributed by atoms with E-state index in [0.717, 1.165) is 4.57 Å². The molecule has 3 rings (SSSR count). The molecule has 0 N–H and O–H groups in total. The predicted molar refractivity (Wildman–Crippen MR) is 91.9 cm³/mol. The maximum Gasteiger partial charge on any atom is 0.333 e. The van der Waals surface area contributed by atoms with Gasteiger partial charge in [0.15, 0.2) is 23.6 Å². The Kier molecular flexibility index (Phi) is 4.53. The van der Waals surface area contributed by atoms with Crippen molar-refractivity contribution in [1.29, 1.82) is 0 Å². The molecule has 0 atom stereocenters. The van der Waals surface area contributed by atoms with Gasteiger partial charge in [0.05, 0.1) is 6.33 Å². The number of imidazole rings is 1. The maximum atomic E-state index is 12.5. The summed E-state index contributed by atoms with van der Waals surface area (Å²) in [5.74, 6) is -1.23. The Balaban J connectivity index is 1.80. The lowest BCUT2D eigenvalue weighted by Crippen LogP contribution is -2.41. The van der Waals surface area contributed by atoms with Crippen LogP contribution in [-0.4, -0.2) is 37.0 Å². The molecule has 0 saturated carbocycles. The normalized spacial score (nSPS) is 10.8. The van der Waals surface area contributed by atoms with Gasteiger partial charge in [0.1, 0.15) is 6.54 Å². The number of fused-ring (bicyclic) bond motifs is 1. The largest absolute Gasteiger partial charge is 0.456 e. The highest BCUT2D eigenvalue weighted by atomic mass is 16.5. The second-order valence-corrected chi connectivity index (χ2v) is 5.71. The SMILES string of the molecule is Cn1cnc2c1c(=O)n(CC(=O)OCC(=O)c1ccccc1)c(=O)n2C. The Bertz CT molecular complexity index is 1110.